The van der Waals surface area contributed by atoms with Crippen molar-refractivity contribution >= 4 is 37.3 Å². The van der Waals surface area contributed by atoms with Crippen LogP contribution in [-0.2, 0) is 40.8 Å². The molecular formula is C34H48N2O8Si. The van der Waals surface area contributed by atoms with Crippen molar-refractivity contribution in [3.63, 3.8) is 0 Å². The second-order valence-electron chi connectivity index (χ2n) is 10.8. The van der Waals surface area contributed by atoms with Crippen molar-refractivity contribution < 1.29 is 32.0 Å². The lowest BCUT2D eigenvalue weighted by Crippen LogP contribution is -2.46. The molecule has 2 aromatic carbocycles. The molecule has 0 bridgehead atoms. The lowest BCUT2D eigenvalue weighted by Gasteiger charge is -2.28. The predicted molar refractivity (Wildman–Crippen MR) is 177 cm³/mol. The minimum absolute atomic E-state index is 0.00958. The van der Waals surface area contributed by atoms with Crippen molar-refractivity contribution in [2.24, 2.45) is 0 Å². The Bertz CT molecular complexity index is 1440. The van der Waals surface area contributed by atoms with Gasteiger partial charge in [-0.2, -0.15) is 0 Å². The molecule has 3 aromatic rings. The second kappa shape index (κ2) is 17.8. The summed E-state index contributed by atoms with van der Waals surface area (Å²) in [6.07, 6.45) is 0.733. The number of benzene rings is 2. The number of fused-ring (bicyclic) bond motifs is 1. The van der Waals surface area contributed by atoms with Crippen molar-refractivity contribution in [3.05, 3.63) is 75.1 Å². The molecule has 45 heavy (non-hydrogen) atoms. The van der Waals surface area contributed by atoms with Crippen LogP contribution in [-0.4, -0.2) is 53.6 Å². The SMILES string of the molecule is CCO[Si](CCCNC(=O)CCC(=O)OCc1ccc(CN(CC)c2cc3oc(=O)cc(C)c3cc2C)cc1)(OCC)OCC. The van der Waals surface area contributed by atoms with E-state index in [1.807, 2.05) is 58.0 Å². The van der Waals surface area contributed by atoms with E-state index in [-0.39, 0.29) is 31.0 Å². The van der Waals surface area contributed by atoms with Crippen LogP contribution in [0, 0.1) is 13.8 Å². The molecule has 0 saturated heterocycles. The highest BCUT2D eigenvalue weighted by Crippen LogP contribution is 2.29. The Morgan fingerprint density at radius 2 is 1.51 bits per heavy atom. The number of carbonyl (C=O) groups excluding carboxylic acids is 2. The summed E-state index contributed by atoms with van der Waals surface area (Å²) in [5.41, 5.74) is 5.20. The van der Waals surface area contributed by atoms with Crippen LogP contribution in [0.3, 0.4) is 0 Å². The van der Waals surface area contributed by atoms with Gasteiger partial charge in [0.15, 0.2) is 0 Å². The van der Waals surface area contributed by atoms with Gasteiger partial charge in [0.2, 0.25) is 5.91 Å². The summed E-state index contributed by atoms with van der Waals surface area (Å²) >= 11 is 0. The van der Waals surface area contributed by atoms with E-state index < -0.39 is 14.8 Å². The quantitative estimate of drug-likeness (QED) is 0.0749. The molecule has 0 aliphatic carbocycles. The number of hydrogen-bond donors (Lipinski definition) is 1. The van der Waals surface area contributed by atoms with E-state index >= 15 is 0 Å². The Hall–Kier alpha value is -3.51. The fourth-order valence-corrected chi connectivity index (χ4v) is 7.82. The molecule has 1 aromatic heterocycles. The van der Waals surface area contributed by atoms with Gasteiger partial charge in [0.1, 0.15) is 12.2 Å². The van der Waals surface area contributed by atoms with E-state index in [1.165, 1.54) is 6.07 Å². The molecule has 0 fully saturated rings. The summed E-state index contributed by atoms with van der Waals surface area (Å²) in [5.74, 6) is -0.622. The summed E-state index contributed by atoms with van der Waals surface area (Å²) in [4.78, 5) is 38.7. The van der Waals surface area contributed by atoms with E-state index in [2.05, 4.69) is 30.1 Å². The first-order chi connectivity index (χ1) is 21.6. The van der Waals surface area contributed by atoms with Gasteiger partial charge in [0.05, 0.1) is 6.42 Å². The summed E-state index contributed by atoms with van der Waals surface area (Å²) in [7, 11) is -2.73. The van der Waals surface area contributed by atoms with Crippen molar-refractivity contribution in [2.45, 2.75) is 80.0 Å². The third kappa shape index (κ3) is 10.8. The molecule has 1 amide bonds. The number of nitrogens with zero attached hydrogens (tertiary/aromatic N) is 1. The van der Waals surface area contributed by atoms with E-state index in [0.29, 0.717) is 51.0 Å². The normalized spacial score (nSPS) is 11.5. The zero-order valence-electron chi connectivity index (χ0n) is 27.5. The second-order valence-corrected chi connectivity index (χ2v) is 13.5. The van der Waals surface area contributed by atoms with Gasteiger partial charge in [-0.1, -0.05) is 24.3 Å². The smallest absolute Gasteiger partial charge is 0.461 e. The third-order valence-corrected chi connectivity index (χ3v) is 10.6. The minimum Gasteiger partial charge on any atom is -0.461 e. The van der Waals surface area contributed by atoms with Gasteiger partial charge >= 0.3 is 20.4 Å². The van der Waals surface area contributed by atoms with E-state index in [4.69, 9.17) is 22.4 Å². The molecule has 0 atom stereocenters. The monoisotopic (exact) mass is 640 g/mol. The fraction of sp³-hybridized carbons (Fsp3) is 0.500. The van der Waals surface area contributed by atoms with Crippen molar-refractivity contribution in [2.75, 3.05) is 37.8 Å². The highest BCUT2D eigenvalue weighted by atomic mass is 28.4. The molecule has 11 heteroatoms. The Kier molecular flexibility index (Phi) is 14.3. The molecule has 1 N–H and O–H groups in total. The lowest BCUT2D eigenvalue weighted by molar-refractivity contribution is -0.146. The van der Waals surface area contributed by atoms with E-state index in [1.54, 1.807) is 0 Å². The maximum atomic E-state index is 12.3. The third-order valence-electron chi connectivity index (χ3n) is 7.42. The van der Waals surface area contributed by atoms with Crippen LogP contribution in [0.1, 0.15) is 69.2 Å². The maximum Gasteiger partial charge on any atom is 0.500 e. The van der Waals surface area contributed by atoms with Gasteiger partial charge in [-0.25, -0.2) is 4.79 Å². The number of amides is 1. The first-order valence-electron chi connectivity index (χ1n) is 15.9. The molecular weight excluding hydrogens is 592 g/mol. The molecule has 10 nitrogen and oxygen atoms in total. The molecule has 1 heterocycles. The van der Waals surface area contributed by atoms with Crippen LogP contribution in [0.15, 0.2) is 51.7 Å². The van der Waals surface area contributed by atoms with Crippen LogP contribution in [0.25, 0.3) is 11.0 Å². The number of rotatable bonds is 19. The summed E-state index contributed by atoms with van der Waals surface area (Å²) in [6, 6.07) is 14.0. The molecule has 0 saturated carbocycles. The standard InChI is InChI=1S/C34H48N2O8Si/c1-7-36(30-22-31-29(20-26(30)6)25(5)21-34(39)44-31)23-27-12-14-28(15-13-27)24-40-33(38)17-16-32(37)35-18-11-19-45(41-8-2,42-9-3)43-10-4/h12-15,20-22H,7-11,16-19,23-24H2,1-6H3,(H,35,37). The number of anilines is 1. The molecule has 0 aliphatic rings. The number of aryl methyl sites for hydroxylation is 2. The number of nitrogens with one attached hydrogen (secondary N) is 1. The van der Waals surface area contributed by atoms with Crippen LogP contribution in [0.5, 0.6) is 0 Å². The predicted octanol–water partition coefficient (Wildman–Crippen LogP) is 5.81. The minimum atomic E-state index is -2.73. The van der Waals surface area contributed by atoms with Gasteiger partial charge in [0, 0.05) is 75.1 Å². The first kappa shape index (κ1) is 36.0. The highest BCUT2D eigenvalue weighted by molar-refractivity contribution is 6.60. The topological polar surface area (TPSA) is 117 Å². The number of ether oxygens (including phenoxy) is 1. The molecule has 246 valence electrons. The van der Waals surface area contributed by atoms with Gasteiger partial charge in [-0.05, 0) is 76.3 Å². The maximum absolute atomic E-state index is 12.3. The van der Waals surface area contributed by atoms with Crippen LogP contribution in [0.4, 0.5) is 5.69 Å². The largest absolute Gasteiger partial charge is 0.500 e. The van der Waals surface area contributed by atoms with E-state index in [0.717, 1.165) is 39.9 Å². The van der Waals surface area contributed by atoms with Gasteiger partial charge in [-0.3, -0.25) is 9.59 Å². The Labute approximate surface area is 267 Å². The molecule has 0 unspecified atom stereocenters. The lowest BCUT2D eigenvalue weighted by atomic mass is 10.1. The molecule has 0 aliphatic heterocycles. The average Bonchev–Trinajstić information content (AvgIpc) is 3.01. The Balaban J connectivity index is 1.43. The summed E-state index contributed by atoms with van der Waals surface area (Å²) < 4.78 is 28.4. The number of hydrogen-bond acceptors (Lipinski definition) is 9. The fourth-order valence-electron chi connectivity index (χ4n) is 5.21. The highest BCUT2D eigenvalue weighted by Gasteiger charge is 2.39. The zero-order chi connectivity index (χ0) is 32.8. The Morgan fingerprint density at radius 3 is 2.13 bits per heavy atom. The van der Waals surface area contributed by atoms with Gasteiger partial charge in [0.25, 0.3) is 0 Å². The molecule has 0 radical (unpaired) electrons. The first-order valence-corrected chi connectivity index (χ1v) is 17.8. The average molecular weight is 641 g/mol. The van der Waals surface area contributed by atoms with Crippen molar-refractivity contribution in [3.8, 4) is 0 Å². The van der Waals surface area contributed by atoms with Gasteiger partial charge in [-0.15, -0.1) is 0 Å². The van der Waals surface area contributed by atoms with Crippen molar-refractivity contribution in [1.29, 1.82) is 0 Å². The summed E-state index contributed by atoms with van der Waals surface area (Å²) in [5, 5.41) is 3.79. The zero-order valence-corrected chi connectivity index (χ0v) is 28.5. The summed E-state index contributed by atoms with van der Waals surface area (Å²) in [6.45, 7) is 15.4. The number of carbonyl (C=O) groups is 2. The van der Waals surface area contributed by atoms with Crippen LogP contribution in [0.2, 0.25) is 6.04 Å². The molecule has 0 spiro atoms. The van der Waals surface area contributed by atoms with Gasteiger partial charge < -0.3 is 32.6 Å². The Morgan fingerprint density at radius 1 is 0.867 bits per heavy atom. The number of esters is 1. The van der Waals surface area contributed by atoms with E-state index in [9.17, 15) is 14.4 Å². The van der Waals surface area contributed by atoms with Crippen molar-refractivity contribution in [1.82, 2.24) is 5.32 Å². The van der Waals surface area contributed by atoms with Crippen LogP contribution >= 0.6 is 0 Å². The van der Waals surface area contributed by atoms with Crippen LogP contribution < -0.4 is 15.8 Å². The molecule has 3 rings (SSSR count).